The van der Waals surface area contributed by atoms with Crippen molar-refractivity contribution in [3.05, 3.63) is 41.2 Å². The summed E-state index contributed by atoms with van der Waals surface area (Å²) in [6, 6.07) is 6.99. The van der Waals surface area contributed by atoms with Gasteiger partial charge in [-0.3, -0.25) is 9.59 Å². The summed E-state index contributed by atoms with van der Waals surface area (Å²) in [4.78, 5) is 33.1. The molecule has 0 radical (unpaired) electrons. The molecule has 1 amide bonds. The van der Waals surface area contributed by atoms with Crippen molar-refractivity contribution in [3.63, 3.8) is 0 Å². The van der Waals surface area contributed by atoms with Crippen LogP contribution in [0.15, 0.2) is 34.3 Å². The zero-order valence-electron chi connectivity index (χ0n) is 15.9. The Balaban J connectivity index is 1.71. The summed E-state index contributed by atoms with van der Waals surface area (Å²) in [7, 11) is 0. The SMILES string of the molecule is CC[C@@H]1c2c(SCC(=O)Nc3cccc(C(C)=O)c3)nc(C)nc2S[C@H]1C. The van der Waals surface area contributed by atoms with Gasteiger partial charge in [0.25, 0.3) is 0 Å². The van der Waals surface area contributed by atoms with Crippen molar-refractivity contribution in [1.82, 2.24) is 9.97 Å². The fourth-order valence-electron chi connectivity index (χ4n) is 3.22. The largest absolute Gasteiger partial charge is 0.325 e. The predicted molar refractivity (Wildman–Crippen MR) is 111 cm³/mol. The summed E-state index contributed by atoms with van der Waals surface area (Å²) in [5.41, 5.74) is 2.41. The van der Waals surface area contributed by atoms with Gasteiger partial charge in [0.15, 0.2) is 5.78 Å². The molecule has 0 spiro atoms. The lowest BCUT2D eigenvalue weighted by atomic mass is 9.96. The first-order valence-corrected chi connectivity index (χ1v) is 10.8. The second kappa shape index (κ2) is 8.44. The summed E-state index contributed by atoms with van der Waals surface area (Å²) in [6.07, 6.45) is 1.03. The van der Waals surface area contributed by atoms with Gasteiger partial charge in [-0.1, -0.05) is 37.7 Å². The van der Waals surface area contributed by atoms with E-state index in [0.29, 0.717) is 22.4 Å². The number of thioether (sulfide) groups is 2. The molecule has 5 nitrogen and oxygen atoms in total. The van der Waals surface area contributed by atoms with Crippen LogP contribution in [-0.2, 0) is 4.79 Å². The number of benzene rings is 1. The Morgan fingerprint density at radius 2 is 2.07 bits per heavy atom. The third-order valence-electron chi connectivity index (χ3n) is 4.56. The number of nitrogens with zero attached hydrogens (tertiary/aromatic N) is 2. The summed E-state index contributed by atoms with van der Waals surface area (Å²) in [6.45, 7) is 7.80. The summed E-state index contributed by atoms with van der Waals surface area (Å²) in [5, 5.41) is 5.30. The number of carbonyl (C=O) groups is 2. The lowest BCUT2D eigenvalue weighted by Gasteiger charge is -2.15. The van der Waals surface area contributed by atoms with E-state index in [2.05, 4.69) is 29.1 Å². The van der Waals surface area contributed by atoms with Gasteiger partial charge in [0.05, 0.1) is 5.75 Å². The highest BCUT2D eigenvalue weighted by molar-refractivity contribution is 8.01. The average Bonchev–Trinajstić information content (AvgIpc) is 2.94. The first-order chi connectivity index (χ1) is 12.9. The molecular weight excluding hydrogens is 378 g/mol. The predicted octanol–water partition coefficient (Wildman–Crippen LogP) is 4.71. The van der Waals surface area contributed by atoms with Gasteiger partial charge in [-0.15, -0.1) is 11.8 Å². The van der Waals surface area contributed by atoms with Gasteiger partial charge < -0.3 is 5.32 Å². The third kappa shape index (κ3) is 4.52. The van der Waals surface area contributed by atoms with Crippen molar-refractivity contribution >= 4 is 40.9 Å². The molecule has 142 valence electrons. The molecule has 2 heterocycles. The number of fused-ring (bicyclic) bond motifs is 1. The second-order valence-corrected chi connectivity index (χ2v) is 8.94. The van der Waals surface area contributed by atoms with Crippen molar-refractivity contribution in [2.45, 2.75) is 55.3 Å². The average molecular weight is 402 g/mol. The number of ketones is 1. The van der Waals surface area contributed by atoms with Gasteiger partial charge in [-0.2, -0.15) is 0 Å². The van der Waals surface area contributed by atoms with Crippen LogP contribution in [0.25, 0.3) is 0 Å². The highest BCUT2D eigenvalue weighted by Gasteiger charge is 2.33. The topological polar surface area (TPSA) is 72.0 Å². The molecule has 1 aromatic carbocycles. The van der Waals surface area contributed by atoms with Gasteiger partial charge in [-0.05, 0) is 32.4 Å². The van der Waals surface area contributed by atoms with Gasteiger partial charge in [0.1, 0.15) is 15.9 Å². The maximum Gasteiger partial charge on any atom is 0.234 e. The molecule has 27 heavy (non-hydrogen) atoms. The van der Waals surface area contributed by atoms with Crippen molar-refractivity contribution < 1.29 is 9.59 Å². The standard InChI is InChI=1S/C20H23N3O2S2/c1-5-16-12(3)27-20-18(16)19(21-13(4)22-20)26-10-17(25)23-15-8-6-7-14(9-15)11(2)24/h6-9,12,16H,5,10H2,1-4H3,(H,23,25)/t12-,16-/m0/s1. The Hall–Kier alpha value is -1.86. The summed E-state index contributed by atoms with van der Waals surface area (Å²) >= 11 is 3.25. The van der Waals surface area contributed by atoms with Crippen LogP contribution in [0.1, 0.15) is 54.9 Å². The number of nitrogens with one attached hydrogen (secondary N) is 1. The Morgan fingerprint density at radius 3 is 2.78 bits per heavy atom. The molecule has 0 unspecified atom stereocenters. The van der Waals surface area contributed by atoms with Crippen LogP contribution in [0.5, 0.6) is 0 Å². The van der Waals surface area contributed by atoms with Gasteiger partial charge >= 0.3 is 0 Å². The van der Waals surface area contributed by atoms with E-state index in [-0.39, 0.29) is 17.4 Å². The van der Waals surface area contributed by atoms with Crippen LogP contribution in [0, 0.1) is 6.92 Å². The van der Waals surface area contributed by atoms with Gasteiger partial charge in [-0.25, -0.2) is 9.97 Å². The van der Waals surface area contributed by atoms with Crippen LogP contribution in [0.4, 0.5) is 5.69 Å². The molecule has 7 heteroatoms. The molecule has 1 aliphatic rings. The molecule has 0 saturated heterocycles. The van der Waals surface area contributed by atoms with Crippen LogP contribution >= 0.6 is 23.5 Å². The molecule has 2 aromatic rings. The summed E-state index contributed by atoms with van der Waals surface area (Å²) in [5.74, 6) is 1.29. The number of carbonyl (C=O) groups excluding carboxylic acids is 2. The number of amides is 1. The van der Waals surface area contributed by atoms with Crippen molar-refractivity contribution in [3.8, 4) is 0 Å². The monoisotopic (exact) mass is 401 g/mol. The number of Topliss-reactive ketones (excluding diaryl/α,β-unsaturated/α-hetero) is 1. The smallest absolute Gasteiger partial charge is 0.234 e. The van der Waals surface area contributed by atoms with Gasteiger partial charge in [0.2, 0.25) is 5.91 Å². The normalized spacial score (nSPS) is 18.2. The number of rotatable bonds is 6. The van der Waals surface area contributed by atoms with Crippen LogP contribution in [0.3, 0.4) is 0 Å². The van der Waals surface area contributed by atoms with Crippen LogP contribution in [-0.4, -0.2) is 32.7 Å². The number of hydrogen-bond acceptors (Lipinski definition) is 6. The Morgan fingerprint density at radius 1 is 1.30 bits per heavy atom. The lowest BCUT2D eigenvalue weighted by molar-refractivity contribution is -0.113. The first kappa shape index (κ1) is 19.9. The zero-order valence-corrected chi connectivity index (χ0v) is 17.5. The minimum Gasteiger partial charge on any atom is -0.325 e. The molecule has 1 N–H and O–H groups in total. The Labute approximate surface area is 168 Å². The maximum atomic E-state index is 12.4. The Kier molecular flexibility index (Phi) is 6.22. The highest BCUT2D eigenvalue weighted by Crippen LogP contribution is 2.48. The number of anilines is 1. The van der Waals surface area contributed by atoms with Crippen molar-refractivity contribution in [2.75, 3.05) is 11.1 Å². The fourth-order valence-corrected chi connectivity index (χ4v) is 5.63. The van der Waals surface area contributed by atoms with Crippen molar-refractivity contribution in [2.24, 2.45) is 0 Å². The molecule has 3 rings (SSSR count). The number of aryl methyl sites for hydroxylation is 1. The third-order valence-corrected chi connectivity index (χ3v) is 6.78. The quantitative estimate of drug-likeness (QED) is 0.429. The molecule has 2 atom stereocenters. The number of aromatic nitrogens is 2. The maximum absolute atomic E-state index is 12.4. The van der Waals surface area contributed by atoms with E-state index < -0.39 is 0 Å². The van der Waals surface area contributed by atoms with E-state index in [1.807, 2.05) is 6.92 Å². The molecule has 1 aliphatic heterocycles. The second-order valence-electron chi connectivity index (χ2n) is 6.61. The van der Waals surface area contributed by atoms with E-state index >= 15 is 0 Å². The van der Waals surface area contributed by atoms with E-state index in [0.717, 1.165) is 22.3 Å². The van der Waals surface area contributed by atoms with E-state index in [4.69, 9.17) is 0 Å². The lowest BCUT2D eigenvalue weighted by Crippen LogP contribution is -2.15. The van der Waals surface area contributed by atoms with E-state index in [1.54, 1.807) is 36.0 Å². The Bertz CT molecular complexity index is 886. The molecule has 0 saturated carbocycles. The summed E-state index contributed by atoms with van der Waals surface area (Å²) < 4.78 is 0. The molecule has 0 bridgehead atoms. The van der Waals surface area contributed by atoms with E-state index in [1.165, 1.54) is 24.2 Å². The molecule has 0 aliphatic carbocycles. The van der Waals surface area contributed by atoms with Gasteiger partial charge in [0, 0.05) is 28.0 Å². The minimum atomic E-state index is -0.113. The zero-order chi connectivity index (χ0) is 19.6. The van der Waals surface area contributed by atoms with Crippen LogP contribution < -0.4 is 5.32 Å². The minimum absolute atomic E-state index is 0.0234. The molecular formula is C20H23N3O2S2. The first-order valence-electron chi connectivity index (χ1n) is 8.97. The van der Waals surface area contributed by atoms with Crippen molar-refractivity contribution in [1.29, 1.82) is 0 Å². The fraction of sp³-hybridized carbons (Fsp3) is 0.400. The van der Waals surface area contributed by atoms with Crippen LogP contribution in [0.2, 0.25) is 0 Å². The number of hydrogen-bond donors (Lipinski definition) is 1. The van der Waals surface area contributed by atoms with E-state index in [9.17, 15) is 9.59 Å². The highest BCUT2D eigenvalue weighted by atomic mass is 32.2. The molecule has 1 aromatic heterocycles. The molecule has 0 fully saturated rings.